The predicted octanol–water partition coefficient (Wildman–Crippen LogP) is 2.64. The van der Waals surface area contributed by atoms with Gasteiger partial charge in [0.1, 0.15) is 0 Å². The molecular formula is C12H12F2N2O3. The van der Waals surface area contributed by atoms with Crippen molar-refractivity contribution in [1.29, 1.82) is 0 Å². The van der Waals surface area contributed by atoms with E-state index in [0.717, 1.165) is 0 Å². The zero-order valence-corrected chi connectivity index (χ0v) is 10.0. The highest BCUT2D eigenvalue weighted by Gasteiger charge is 2.34. The third-order valence-electron chi connectivity index (χ3n) is 3.20. The molecule has 102 valence electrons. The lowest BCUT2D eigenvalue weighted by molar-refractivity contribution is -0.385. The van der Waals surface area contributed by atoms with Crippen LogP contribution < -0.4 is 4.90 Å². The van der Waals surface area contributed by atoms with Crippen molar-refractivity contribution < 1.29 is 18.5 Å². The summed E-state index contributed by atoms with van der Waals surface area (Å²) in [5, 5.41) is 10.8. The molecule has 1 aromatic rings. The number of carbonyl (C=O) groups excluding carboxylic acids is 1. The quantitative estimate of drug-likeness (QED) is 0.481. The average Bonchev–Trinajstić information content (AvgIpc) is 2.38. The van der Waals surface area contributed by atoms with Gasteiger partial charge in [0.2, 0.25) is 0 Å². The molecule has 1 saturated heterocycles. The third-order valence-corrected chi connectivity index (χ3v) is 3.20. The maximum atomic E-state index is 13.0. The van der Waals surface area contributed by atoms with Crippen molar-refractivity contribution in [2.45, 2.75) is 18.8 Å². The first-order valence-corrected chi connectivity index (χ1v) is 5.79. The Morgan fingerprint density at radius 2 is 1.95 bits per heavy atom. The van der Waals surface area contributed by atoms with E-state index in [9.17, 15) is 23.7 Å². The van der Waals surface area contributed by atoms with Crippen LogP contribution in [0.1, 0.15) is 23.2 Å². The zero-order valence-electron chi connectivity index (χ0n) is 10.0. The Bertz CT molecular complexity index is 510. The van der Waals surface area contributed by atoms with Gasteiger partial charge < -0.3 is 4.90 Å². The van der Waals surface area contributed by atoms with Gasteiger partial charge in [0, 0.05) is 37.7 Å². The van der Waals surface area contributed by atoms with Crippen LogP contribution in [0.3, 0.4) is 0 Å². The summed E-state index contributed by atoms with van der Waals surface area (Å²) in [5.74, 6) is -2.66. The molecule has 0 unspecified atom stereocenters. The molecule has 1 heterocycles. The molecule has 0 bridgehead atoms. The van der Waals surface area contributed by atoms with E-state index < -0.39 is 10.8 Å². The molecule has 0 amide bonds. The van der Waals surface area contributed by atoms with Gasteiger partial charge in [0.05, 0.1) is 10.5 Å². The molecule has 0 radical (unpaired) electrons. The van der Waals surface area contributed by atoms with Gasteiger partial charge in [-0.2, -0.15) is 0 Å². The molecule has 0 atom stereocenters. The first kappa shape index (κ1) is 13.4. The summed E-state index contributed by atoms with van der Waals surface area (Å²) in [6.07, 6.45) is -0.126. The number of halogens is 2. The number of nitro benzene ring substituents is 1. The summed E-state index contributed by atoms with van der Waals surface area (Å²) in [7, 11) is 0. The number of anilines is 1. The molecule has 19 heavy (non-hydrogen) atoms. The van der Waals surface area contributed by atoms with E-state index in [1.54, 1.807) is 11.0 Å². The summed E-state index contributed by atoms with van der Waals surface area (Å²) in [5.41, 5.74) is 0.175. The lowest BCUT2D eigenvalue weighted by Gasteiger charge is -2.33. The minimum atomic E-state index is -2.66. The Labute approximate surface area is 108 Å². The summed E-state index contributed by atoms with van der Waals surface area (Å²) < 4.78 is 26.1. The van der Waals surface area contributed by atoms with Gasteiger partial charge in [-0.1, -0.05) is 0 Å². The fraction of sp³-hybridized carbons (Fsp3) is 0.417. The van der Waals surface area contributed by atoms with Crippen molar-refractivity contribution in [1.82, 2.24) is 0 Å². The lowest BCUT2D eigenvalue weighted by atomic mass is 10.1. The Kier molecular flexibility index (Phi) is 3.46. The Hall–Kier alpha value is -2.05. The second kappa shape index (κ2) is 4.91. The normalized spacial score (nSPS) is 18.1. The van der Waals surface area contributed by atoms with Crippen LogP contribution in [0.25, 0.3) is 0 Å². The Balaban J connectivity index is 2.24. The molecule has 0 aliphatic carbocycles. The molecule has 1 aromatic carbocycles. The summed E-state index contributed by atoms with van der Waals surface area (Å²) in [6, 6.07) is 4.14. The monoisotopic (exact) mass is 270 g/mol. The van der Waals surface area contributed by atoms with Gasteiger partial charge in [-0.25, -0.2) is 8.78 Å². The van der Waals surface area contributed by atoms with Gasteiger partial charge >= 0.3 is 0 Å². The minimum Gasteiger partial charge on any atom is -0.371 e. The smallest absolute Gasteiger partial charge is 0.281 e. The van der Waals surface area contributed by atoms with Crippen molar-refractivity contribution in [3.63, 3.8) is 0 Å². The number of aldehydes is 1. The van der Waals surface area contributed by atoms with Crippen molar-refractivity contribution >= 4 is 17.7 Å². The van der Waals surface area contributed by atoms with Crippen LogP contribution >= 0.6 is 0 Å². The average molecular weight is 270 g/mol. The lowest BCUT2D eigenvalue weighted by Crippen LogP contribution is -2.39. The van der Waals surface area contributed by atoms with Gasteiger partial charge in [-0.05, 0) is 12.1 Å². The summed E-state index contributed by atoms with van der Waals surface area (Å²) in [6.45, 7) is 0.287. The number of carbonyl (C=O) groups is 1. The van der Waals surface area contributed by atoms with E-state index in [-0.39, 0.29) is 37.2 Å². The second-order valence-electron chi connectivity index (χ2n) is 4.46. The van der Waals surface area contributed by atoms with Crippen molar-refractivity contribution in [2.24, 2.45) is 0 Å². The van der Waals surface area contributed by atoms with Crippen molar-refractivity contribution in [3.05, 3.63) is 33.9 Å². The van der Waals surface area contributed by atoms with E-state index in [1.807, 2.05) is 0 Å². The molecule has 7 heteroatoms. The van der Waals surface area contributed by atoms with Crippen LogP contribution in [0.2, 0.25) is 0 Å². The summed E-state index contributed by atoms with van der Waals surface area (Å²) >= 11 is 0. The predicted molar refractivity (Wildman–Crippen MR) is 64.9 cm³/mol. The van der Waals surface area contributed by atoms with E-state index in [4.69, 9.17) is 0 Å². The molecule has 0 N–H and O–H groups in total. The summed E-state index contributed by atoms with van der Waals surface area (Å²) in [4.78, 5) is 22.5. The second-order valence-corrected chi connectivity index (χ2v) is 4.46. The highest BCUT2D eigenvalue weighted by molar-refractivity contribution is 5.83. The van der Waals surface area contributed by atoms with Gasteiger partial charge in [0.15, 0.2) is 6.29 Å². The van der Waals surface area contributed by atoms with Crippen LogP contribution in [-0.2, 0) is 0 Å². The number of alkyl halides is 2. The van der Waals surface area contributed by atoms with E-state index in [1.165, 1.54) is 12.1 Å². The van der Waals surface area contributed by atoms with Crippen LogP contribution in [0.5, 0.6) is 0 Å². The standard InChI is InChI=1S/C12H12F2N2O3/c13-12(14)3-5-15(6-4-12)10-2-1-9(8-17)11(7-10)16(18)19/h1-2,7-8H,3-6H2. The number of hydrogen-bond acceptors (Lipinski definition) is 4. The van der Waals surface area contributed by atoms with E-state index >= 15 is 0 Å². The van der Waals surface area contributed by atoms with Crippen LogP contribution in [0.4, 0.5) is 20.2 Å². The first-order valence-electron chi connectivity index (χ1n) is 5.79. The SMILES string of the molecule is O=Cc1ccc(N2CCC(F)(F)CC2)cc1[N+](=O)[O-]. The van der Waals surface area contributed by atoms with Crippen molar-refractivity contribution in [2.75, 3.05) is 18.0 Å². The van der Waals surface area contributed by atoms with Gasteiger partial charge in [-0.3, -0.25) is 14.9 Å². The zero-order chi connectivity index (χ0) is 14.0. The molecular weight excluding hydrogens is 258 g/mol. The van der Waals surface area contributed by atoms with Gasteiger partial charge in [0.25, 0.3) is 11.6 Å². The fourth-order valence-electron chi connectivity index (χ4n) is 2.08. The Morgan fingerprint density at radius 3 is 2.47 bits per heavy atom. The number of rotatable bonds is 3. The largest absolute Gasteiger partial charge is 0.371 e. The molecule has 1 aliphatic heterocycles. The van der Waals surface area contributed by atoms with Crippen LogP contribution in [-0.4, -0.2) is 30.2 Å². The number of piperidine rings is 1. The highest BCUT2D eigenvalue weighted by Crippen LogP contribution is 2.32. The number of nitrogens with zero attached hydrogens (tertiary/aromatic N) is 2. The fourth-order valence-corrected chi connectivity index (χ4v) is 2.08. The topological polar surface area (TPSA) is 63.5 Å². The highest BCUT2D eigenvalue weighted by atomic mass is 19.3. The molecule has 1 aliphatic rings. The number of nitro groups is 1. The number of hydrogen-bond donors (Lipinski definition) is 0. The molecule has 0 saturated carbocycles. The molecule has 1 fully saturated rings. The van der Waals surface area contributed by atoms with E-state index in [0.29, 0.717) is 12.0 Å². The first-order chi connectivity index (χ1) is 8.93. The van der Waals surface area contributed by atoms with Crippen LogP contribution in [0.15, 0.2) is 18.2 Å². The Morgan fingerprint density at radius 1 is 1.32 bits per heavy atom. The number of benzene rings is 1. The maximum absolute atomic E-state index is 13.0. The maximum Gasteiger partial charge on any atom is 0.281 e. The van der Waals surface area contributed by atoms with E-state index in [2.05, 4.69) is 0 Å². The minimum absolute atomic E-state index is 0.0175. The molecule has 5 nitrogen and oxygen atoms in total. The van der Waals surface area contributed by atoms with Crippen molar-refractivity contribution in [3.8, 4) is 0 Å². The molecule has 2 rings (SSSR count). The third kappa shape index (κ3) is 2.86. The molecule has 0 spiro atoms. The molecule has 0 aromatic heterocycles. The van der Waals surface area contributed by atoms with Gasteiger partial charge in [-0.15, -0.1) is 0 Å². The van der Waals surface area contributed by atoms with Crippen LogP contribution in [0, 0.1) is 10.1 Å².